The molecule has 1 N–H and O–H groups in total. The lowest BCUT2D eigenvalue weighted by atomic mass is 9.84. The van der Waals surface area contributed by atoms with E-state index in [1.165, 1.54) is 0 Å². The van der Waals surface area contributed by atoms with Gasteiger partial charge in [0.1, 0.15) is 5.75 Å². The van der Waals surface area contributed by atoms with Gasteiger partial charge in [-0.15, -0.1) is 0 Å². The number of hydrogen-bond acceptors (Lipinski definition) is 3. The summed E-state index contributed by atoms with van der Waals surface area (Å²) in [7, 11) is 0. The van der Waals surface area contributed by atoms with E-state index in [9.17, 15) is 8.78 Å². The van der Waals surface area contributed by atoms with Gasteiger partial charge >= 0.3 is 6.61 Å². The molecule has 3 nitrogen and oxygen atoms in total. The summed E-state index contributed by atoms with van der Waals surface area (Å²) in [6, 6.07) is 7.55. The van der Waals surface area contributed by atoms with Gasteiger partial charge in [-0.2, -0.15) is 8.78 Å². The predicted octanol–water partition coefficient (Wildman–Crippen LogP) is 3.50. The van der Waals surface area contributed by atoms with Crippen LogP contribution in [0.3, 0.4) is 0 Å². The number of piperazine rings is 1. The third-order valence-electron chi connectivity index (χ3n) is 4.01. The number of alkyl halides is 2. The zero-order valence-electron chi connectivity index (χ0n) is 13.1. The van der Waals surface area contributed by atoms with E-state index in [4.69, 9.17) is 0 Å². The summed E-state index contributed by atoms with van der Waals surface area (Å²) in [6.07, 6.45) is 0. The van der Waals surface area contributed by atoms with Crippen LogP contribution in [0.4, 0.5) is 14.5 Å². The standard InChI is InChI=1S/C16H24F2N2O/c1-11-9-19-14(16(2,3)4)10-20(11)12-7-5-6-8-13(12)21-15(17)18/h5-8,11,14-15,19H,9-10H2,1-4H3. The smallest absolute Gasteiger partial charge is 0.387 e. The summed E-state index contributed by atoms with van der Waals surface area (Å²) in [5, 5.41) is 3.54. The van der Waals surface area contributed by atoms with Crippen LogP contribution in [0.1, 0.15) is 27.7 Å². The molecule has 118 valence electrons. The van der Waals surface area contributed by atoms with Crippen LogP contribution in [0, 0.1) is 5.41 Å². The molecule has 1 fully saturated rings. The Morgan fingerprint density at radius 2 is 1.95 bits per heavy atom. The van der Waals surface area contributed by atoms with Crippen LogP contribution in [-0.4, -0.2) is 31.8 Å². The van der Waals surface area contributed by atoms with Crippen molar-refractivity contribution in [2.24, 2.45) is 5.41 Å². The van der Waals surface area contributed by atoms with Crippen LogP contribution < -0.4 is 15.0 Å². The van der Waals surface area contributed by atoms with Gasteiger partial charge in [0.05, 0.1) is 5.69 Å². The second-order valence-corrected chi connectivity index (χ2v) is 6.67. The minimum atomic E-state index is -2.80. The molecule has 1 aliphatic rings. The van der Waals surface area contributed by atoms with E-state index in [1.54, 1.807) is 12.1 Å². The largest absolute Gasteiger partial charge is 0.433 e. The quantitative estimate of drug-likeness (QED) is 0.924. The number of rotatable bonds is 3. The SMILES string of the molecule is CC1CNC(C(C)(C)C)CN1c1ccccc1OC(F)F. The van der Waals surface area contributed by atoms with Gasteiger partial charge in [-0.3, -0.25) is 0 Å². The first-order chi connectivity index (χ1) is 9.79. The maximum atomic E-state index is 12.6. The molecule has 0 saturated carbocycles. The van der Waals surface area contributed by atoms with Crippen molar-refractivity contribution in [2.75, 3.05) is 18.0 Å². The Labute approximate surface area is 125 Å². The van der Waals surface area contributed by atoms with Crippen LogP contribution in [0.25, 0.3) is 0 Å². The van der Waals surface area contributed by atoms with Crippen LogP contribution in [0.5, 0.6) is 5.75 Å². The molecule has 2 atom stereocenters. The fourth-order valence-electron chi connectivity index (χ4n) is 2.67. The lowest BCUT2D eigenvalue weighted by Crippen LogP contribution is -2.59. The second-order valence-electron chi connectivity index (χ2n) is 6.67. The molecule has 1 heterocycles. The van der Waals surface area contributed by atoms with Crippen LogP contribution in [0.15, 0.2) is 24.3 Å². The van der Waals surface area contributed by atoms with E-state index in [1.807, 2.05) is 12.1 Å². The minimum Gasteiger partial charge on any atom is -0.433 e. The van der Waals surface area contributed by atoms with E-state index in [2.05, 4.69) is 42.6 Å². The van der Waals surface area contributed by atoms with Crippen molar-refractivity contribution in [3.8, 4) is 5.75 Å². The van der Waals surface area contributed by atoms with Gasteiger partial charge < -0.3 is 15.0 Å². The highest BCUT2D eigenvalue weighted by atomic mass is 19.3. The number of ether oxygens (including phenoxy) is 1. The normalized spacial score (nSPS) is 23.5. The molecular formula is C16H24F2N2O. The molecule has 1 aliphatic heterocycles. The van der Waals surface area contributed by atoms with E-state index >= 15 is 0 Å². The molecule has 0 aliphatic carbocycles. The van der Waals surface area contributed by atoms with Crippen molar-refractivity contribution in [3.63, 3.8) is 0 Å². The monoisotopic (exact) mass is 298 g/mol. The van der Waals surface area contributed by atoms with Crippen LogP contribution in [-0.2, 0) is 0 Å². The molecule has 0 radical (unpaired) electrons. The van der Waals surface area contributed by atoms with Crippen molar-refractivity contribution < 1.29 is 13.5 Å². The summed E-state index contributed by atoms with van der Waals surface area (Å²) in [6.45, 7) is 7.42. The second kappa shape index (κ2) is 6.18. The number of benzene rings is 1. The topological polar surface area (TPSA) is 24.5 Å². The lowest BCUT2D eigenvalue weighted by molar-refractivity contribution is -0.0496. The first-order valence-electron chi connectivity index (χ1n) is 7.33. The fraction of sp³-hybridized carbons (Fsp3) is 0.625. The van der Waals surface area contributed by atoms with Crippen molar-refractivity contribution in [2.45, 2.75) is 46.4 Å². The third kappa shape index (κ3) is 3.84. The Kier molecular flexibility index (Phi) is 4.71. The Morgan fingerprint density at radius 1 is 1.29 bits per heavy atom. The molecular weight excluding hydrogens is 274 g/mol. The molecule has 1 saturated heterocycles. The first-order valence-corrected chi connectivity index (χ1v) is 7.33. The van der Waals surface area contributed by atoms with Gasteiger partial charge in [-0.25, -0.2) is 0 Å². The van der Waals surface area contributed by atoms with E-state index in [-0.39, 0.29) is 17.2 Å². The van der Waals surface area contributed by atoms with Gasteiger partial charge in [-0.1, -0.05) is 32.9 Å². The number of nitrogens with zero attached hydrogens (tertiary/aromatic N) is 1. The highest BCUT2D eigenvalue weighted by Gasteiger charge is 2.33. The van der Waals surface area contributed by atoms with Crippen molar-refractivity contribution in [1.82, 2.24) is 5.32 Å². The van der Waals surface area contributed by atoms with Crippen LogP contribution >= 0.6 is 0 Å². The van der Waals surface area contributed by atoms with E-state index in [0.29, 0.717) is 6.04 Å². The Hall–Kier alpha value is -1.36. The Balaban J connectivity index is 2.26. The molecule has 0 bridgehead atoms. The van der Waals surface area contributed by atoms with Crippen LogP contribution in [0.2, 0.25) is 0 Å². The molecule has 1 aromatic rings. The summed E-state index contributed by atoms with van der Waals surface area (Å²) >= 11 is 0. The lowest BCUT2D eigenvalue weighted by Gasteiger charge is -2.45. The highest BCUT2D eigenvalue weighted by Crippen LogP contribution is 2.33. The van der Waals surface area contributed by atoms with Crippen molar-refractivity contribution >= 4 is 5.69 Å². The predicted molar refractivity (Wildman–Crippen MR) is 81.1 cm³/mol. The number of nitrogens with one attached hydrogen (secondary N) is 1. The van der Waals surface area contributed by atoms with Crippen molar-refractivity contribution in [1.29, 1.82) is 0 Å². The minimum absolute atomic E-state index is 0.108. The van der Waals surface area contributed by atoms with Gasteiger partial charge in [0, 0.05) is 25.2 Å². The van der Waals surface area contributed by atoms with Gasteiger partial charge in [0.15, 0.2) is 0 Å². The molecule has 0 aromatic heterocycles. The van der Waals surface area contributed by atoms with Gasteiger partial charge in [-0.05, 0) is 24.5 Å². The molecule has 0 amide bonds. The molecule has 2 unspecified atom stereocenters. The number of hydrogen-bond donors (Lipinski definition) is 1. The Bertz CT molecular complexity index is 474. The zero-order chi connectivity index (χ0) is 15.6. The molecule has 0 spiro atoms. The van der Waals surface area contributed by atoms with Gasteiger partial charge in [0.25, 0.3) is 0 Å². The van der Waals surface area contributed by atoms with E-state index in [0.717, 1.165) is 18.8 Å². The summed E-state index contributed by atoms with van der Waals surface area (Å²) in [5.41, 5.74) is 0.845. The molecule has 5 heteroatoms. The molecule has 21 heavy (non-hydrogen) atoms. The fourth-order valence-corrected chi connectivity index (χ4v) is 2.67. The summed E-state index contributed by atoms with van der Waals surface area (Å²) in [5.74, 6) is 0.244. The number of para-hydroxylation sites is 2. The summed E-state index contributed by atoms with van der Waals surface area (Å²) in [4.78, 5) is 2.16. The number of anilines is 1. The maximum Gasteiger partial charge on any atom is 0.387 e. The number of halogens is 2. The average Bonchev–Trinajstić information content (AvgIpc) is 2.38. The van der Waals surface area contributed by atoms with E-state index < -0.39 is 6.61 Å². The maximum absolute atomic E-state index is 12.6. The molecule has 1 aromatic carbocycles. The summed E-state index contributed by atoms with van der Waals surface area (Å²) < 4.78 is 29.8. The molecule has 2 rings (SSSR count). The zero-order valence-corrected chi connectivity index (χ0v) is 13.1. The Morgan fingerprint density at radius 3 is 2.57 bits per heavy atom. The first kappa shape index (κ1) is 16.0. The van der Waals surface area contributed by atoms with Gasteiger partial charge in [0.2, 0.25) is 0 Å². The van der Waals surface area contributed by atoms with Crippen molar-refractivity contribution in [3.05, 3.63) is 24.3 Å². The highest BCUT2D eigenvalue weighted by molar-refractivity contribution is 5.59. The third-order valence-corrected chi connectivity index (χ3v) is 4.01. The average molecular weight is 298 g/mol.